The lowest BCUT2D eigenvalue weighted by Gasteiger charge is -2.16. The Morgan fingerprint density at radius 1 is 0.818 bits per heavy atom. The molecular formula is C27H25N3O3. The maximum atomic E-state index is 12.8. The summed E-state index contributed by atoms with van der Waals surface area (Å²) in [6, 6.07) is 28.5. The average molecular weight is 440 g/mol. The fourth-order valence-corrected chi connectivity index (χ4v) is 3.71. The molecule has 6 heteroatoms. The van der Waals surface area contributed by atoms with Crippen LogP contribution in [0.15, 0.2) is 107 Å². The number of nitrogens with one attached hydrogen (secondary N) is 1. The van der Waals surface area contributed by atoms with Gasteiger partial charge in [-0.25, -0.2) is 4.79 Å². The van der Waals surface area contributed by atoms with Gasteiger partial charge in [0.25, 0.3) is 5.56 Å². The van der Waals surface area contributed by atoms with E-state index in [0.717, 1.165) is 26.8 Å². The van der Waals surface area contributed by atoms with Crippen molar-refractivity contribution in [2.24, 2.45) is 0 Å². The van der Waals surface area contributed by atoms with Crippen molar-refractivity contribution in [3.8, 4) is 11.1 Å². The highest BCUT2D eigenvalue weighted by atomic mass is 16.2. The largest absolute Gasteiger partial charge is 0.348 e. The normalized spacial score (nSPS) is 11.7. The zero-order chi connectivity index (χ0) is 23.2. The first-order valence-electron chi connectivity index (χ1n) is 10.8. The predicted octanol–water partition coefficient (Wildman–Crippen LogP) is 3.60. The quantitative estimate of drug-likeness (QED) is 0.478. The minimum atomic E-state index is -0.513. The van der Waals surface area contributed by atoms with E-state index < -0.39 is 17.2 Å². The molecule has 6 nitrogen and oxygen atoms in total. The highest BCUT2D eigenvalue weighted by molar-refractivity contribution is 5.76. The van der Waals surface area contributed by atoms with Crippen molar-refractivity contribution in [3.63, 3.8) is 0 Å². The Labute approximate surface area is 191 Å². The Morgan fingerprint density at radius 2 is 1.42 bits per heavy atom. The molecule has 1 unspecified atom stereocenters. The number of amides is 1. The number of rotatable bonds is 7. The van der Waals surface area contributed by atoms with E-state index in [4.69, 9.17) is 0 Å². The summed E-state index contributed by atoms with van der Waals surface area (Å²) >= 11 is 0. The van der Waals surface area contributed by atoms with E-state index >= 15 is 0 Å². The second kappa shape index (κ2) is 9.96. The topological polar surface area (TPSA) is 73.1 Å². The van der Waals surface area contributed by atoms with Crippen molar-refractivity contribution in [1.29, 1.82) is 0 Å². The van der Waals surface area contributed by atoms with Gasteiger partial charge >= 0.3 is 5.69 Å². The number of carbonyl (C=O) groups is 1. The van der Waals surface area contributed by atoms with E-state index in [0.29, 0.717) is 6.54 Å². The van der Waals surface area contributed by atoms with Crippen LogP contribution in [0.1, 0.15) is 24.1 Å². The first-order chi connectivity index (χ1) is 16.0. The Kier molecular flexibility index (Phi) is 6.64. The second-order valence-electron chi connectivity index (χ2n) is 7.91. The maximum absolute atomic E-state index is 12.8. The number of hydrogen-bond donors (Lipinski definition) is 1. The van der Waals surface area contributed by atoms with Crippen molar-refractivity contribution >= 4 is 5.91 Å². The number of hydrogen-bond acceptors (Lipinski definition) is 3. The highest BCUT2D eigenvalue weighted by Gasteiger charge is 2.14. The first-order valence-corrected chi connectivity index (χ1v) is 10.8. The molecule has 1 N–H and O–H groups in total. The fraction of sp³-hybridized carbons (Fsp3) is 0.148. The monoisotopic (exact) mass is 439 g/mol. The lowest BCUT2D eigenvalue weighted by Crippen LogP contribution is -2.43. The third-order valence-electron chi connectivity index (χ3n) is 5.53. The fourth-order valence-electron chi connectivity index (χ4n) is 3.71. The Morgan fingerprint density at radius 3 is 2.09 bits per heavy atom. The highest BCUT2D eigenvalue weighted by Crippen LogP contribution is 2.21. The van der Waals surface area contributed by atoms with Crippen molar-refractivity contribution in [1.82, 2.24) is 14.5 Å². The molecule has 0 radical (unpaired) electrons. The van der Waals surface area contributed by atoms with Crippen molar-refractivity contribution in [3.05, 3.63) is 129 Å². The number of benzene rings is 3. The summed E-state index contributed by atoms with van der Waals surface area (Å²) < 4.78 is 2.39. The van der Waals surface area contributed by atoms with Crippen LogP contribution in [-0.4, -0.2) is 15.0 Å². The summed E-state index contributed by atoms with van der Waals surface area (Å²) in [5.41, 5.74) is 3.07. The van der Waals surface area contributed by atoms with Crippen molar-refractivity contribution in [2.75, 3.05) is 0 Å². The van der Waals surface area contributed by atoms with E-state index in [-0.39, 0.29) is 12.6 Å². The second-order valence-corrected chi connectivity index (χ2v) is 7.91. The smallest absolute Gasteiger partial charge is 0.331 e. The summed E-state index contributed by atoms with van der Waals surface area (Å²) in [7, 11) is 0. The summed E-state index contributed by atoms with van der Waals surface area (Å²) in [5.74, 6) is -0.397. The van der Waals surface area contributed by atoms with Crippen LogP contribution in [0.25, 0.3) is 11.1 Å². The van der Waals surface area contributed by atoms with Gasteiger partial charge in [0.2, 0.25) is 5.91 Å². The zero-order valence-electron chi connectivity index (χ0n) is 18.3. The Bertz CT molecular complexity index is 1340. The lowest BCUT2D eigenvalue weighted by molar-refractivity contribution is -0.122. The molecule has 0 aliphatic rings. The van der Waals surface area contributed by atoms with Gasteiger partial charge in [0.05, 0.1) is 12.6 Å². The minimum absolute atomic E-state index is 0.270. The summed E-state index contributed by atoms with van der Waals surface area (Å²) in [6.45, 7) is 1.86. The van der Waals surface area contributed by atoms with Crippen LogP contribution < -0.4 is 16.6 Å². The molecule has 0 aliphatic heterocycles. The van der Waals surface area contributed by atoms with E-state index in [1.54, 1.807) is 0 Å². The van der Waals surface area contributed by atoms with Crippen LogP contribution in [0.5, 0.6) is 0 Å². The van der Waals surface area contributed by atoms with Gasteiger partial charge in [0.15, 0.2) is 0 Å². The van der Waals surface area contributed by atoms with Crippen LogP contribution in [0, 0.1) is 0 Å². The Hall–Kier alpha value is -4.19. The van der Waals surface area contributed by atoms with Crippen LogP contribution in [-0.2, 0) is 17.9 Å². The molecule has 1 aromatic heterocycles. The third kappa shape index (κ3) is 5.36. The number of aromatic nitrogens is 2. The Balaban J connectivity index is 1.44. The van der Waals surface area contributed by atoms with E-state index in [2.05, 4.69) is 5.32 Å². The van der Waals surface area contributed by atoms with Gasteiger partial charge in [0, 0.05) is 12.3 Å². The molecule has 0 saturated carbocycles. The molecule has 1 heterocycles. The lowest BCUT2D eigenvalue weighted by atomic mass is 10.0. The van der Waals surface area contributed by atoms with Gasteiger partial charge < -0.3 is 5.32 Å². The molecule has 3 aromatic carbocycles. The molecule has 166 valence electrons. The average Bonchev–Trinajstić information content (AvgIpc) is 2.85. The molecule has 4 aromatic rings. The maximum Gasteiger partial charge on any atom is 0.331 e. The van der Waals surface area contributed by atoms with E-state index in [1.807, 2.05) is 91.9 Å². The van der Waals surface area contributed by atoms with Crippen molar-refractivity contribution < 1.29 is 4.79 Å². The molecule has 4 rings (SSSR count). The van der Waals surface area contributed by atoms with Crippen molar-refractivity contribution in [2.45, 2.75) is 26.1 Å². The SMILES string of the molecule is CC(NC(=O)Cn1c(=O)ccn(Cc2ccccc2)c1=O)c1ccc(-c2ccccc2)cc1. The van der Waals surface area contributed by atoms with Gasteiger partial charge in [-0.2, -0.15) is 0 Å². The number of carbonyl (C=O) groups excluding carboxylic acids is 1. The molecule has 33 heavy (non-hydrogen) atoms. The van der Waals surface area contributed by atoms with Gasteiger partial charge in [-0.05, 0) is 29.2 Å². The molecule has 0 bridgehead atoms. The molecule has 0 spiro atoms. The van der Waals surface area contributed by atoms with Gasteiger partial charge in [-0.3, -0.25) is 18.7 Å². The van der Waals surface area contributed by atoms with E-state index in [9.17, 15) is 14.4 Å². The summed E-state index contributed by atoms with van der Waals surface area (Å²) in [5, 5.41) is 2.88. The van der Waals surface area contributed by atoms with Crippen LogP contribution in [0.2, 0.25) is 0 Å². The standard InChI is InChI=1S/C27H25N3O3/c1-20(22-12-14-24(15-13-22)23-10-6-3-7-11-23)28-25(31)19-30-26(32)16-17-29(27(30)33)18-21-8-4-2-5-9-21/h2-17,20H,18-19H2,1H3,(H,28,31). The molecule has 0 saturated heterocycles. The van der Waals surface area contributed by atoms with Crippen LogP contribution in [0.4, 0.5) is 0 Å². The van der Waals surface area contributed by atoms with Gasteiger partial charge in [-0.15, -0.1) is 0 Å². The van der Waals surface area contributed by atoms with Crippen LogP contribution in [0.3, 0.4) is 0 Å². The third-order valence-corrected chi connectivity index (χ3v) is 5.53. The van der Waals surface area contributed by atoms with Gasteiger partial charge in [0.1, 0.15) is 6.54 Å². The van der Waals surface area contributed by atoms with E-state index in [1.165, 1.54) is 16.8 Å². The number of nitrogens with zero attached hydrogens (tertiary/aromatic N) is 2. The zero-order valence-corrected chi connectivity index (χ0v) is 18.3. The minimum Gasteiger partial charge on any atom is -0.348 e. The molecule has 0 fully saturated rings. The van der Waals surface area contributed by atoms with Gasteiger partial charge in [-0.1, -0.05) is 84.9 Å². The summed E-state index contributed by atoms with van der Waals surface area (Å²) in [4.78, 5) is 37.7. The van der Waals surface area contributed by atoms with Crippen LogP contribution >= 0.6 is 0 Å². The molecule has 0 aliphatic carbocycles. The molecule has 1 amide bonds. The first kappa shape index (κ1) is 22.0. The predicted molar refractivity (Wildman–Crippen MR) is 129 cm³/mol. The molecular weight excluding hydrogens is 414 g/mol. The summed E-state index contributed by atoms with van der Waals surface area (Å²) in [6.07, 6.45) is 1.46. The molecule has 1 atom stereocenters.